The van der Waals surface area contributed by atoms with Crippen molar-refractivity contribution in [2.45, 2.75) is 63.7 Å². The van der Waals surface area contributed by atoms with Crippen LogP contribution in [0.4, 0.5) is 0 Å². The third-order valence-corrected chi connectivity index (χ3v) is 7.40. The number of carbonyl (C=O) groups excluding carboxylic acids is 1. The summed E-state index contributed by atoms with van der Waals surface area (Å²) in [6, 6.07) is -0.540. The maximum Gasteiger partial charge on any atom is 0.324 e. The predicted octanol–water partition coefficient (Wildman–Crippen LogP) is 1.90. The molecule has 0 bridgehead atoms. The average Bonchev–Trinajstić information content (AvgIpc) is 3.31. The van der Waals surface area contributed by atoms with Crippen LogP contribution in [0.5, 0.6) is 0 Å². The zero-order valence-corrected chi connectivity index (χ0v) is 27.6. The first-order chi connectivity index (χ1) is 22.3. The molecule has 46 heavy (non-hydrogen) atoms. The van der Waals surface area contributed by atoms with Crippen molar-refractivity contribution in [3.63, 3.8) is 0 Å². The largest absolute Gasteiger partial charge is 0.382 e. The summed E-state index contributed by atoms with van der Waals surface area (Å²) in [7, 11) is 9.05. The van der Waals surface area contributed by atoms with Gasteiger partial charge in [0.05, 0.1) is 6.61 Å². The molecule has 1 amide bonds. The van der Waals surface area contributed by atoms with Crippen LogP contribution < -0.4 is 5.32 Å². The Bertz CT molecular complexity index is 1740. The van der Waals surface area contributed by atoms with E-state index in [1.807, 2.05) is 0 Å². The zero-order chi connectivity index (χ0) is 33.7. The summed E-state index contributed by atoms with van der Waals surface area (Å²) in [5.41, 5.74) is 0. The second-order valence-corrected chi connectivity index (χ2v) is 11.8. The number of methoxy groups -OCH3 is 1. The van der Waals surface area contributed by atoms with Crippen molar-refractivity contribution in [3.8, 4) is 118 Å². The highest BCUT2D eigenvalue weighted by molar-refractivity contribution is 8.07. The van der Waals surface area contributed by atoms with Crippen molar-refractivity contribution in [1.29, 1.82) is 0 Å². The van der Waals surface area contributed by atoms with Gasteiger partial charge in [0, 0.05) is 50.4 Å². The van der Waals surface area contributed by atoms with Gasteiger partial charge in [-0.3, -0.25) is 4.79 Å². The smallest absolute Gasteiger partial charge is 0.324 e. The number of rotatable bonds is 13. The summed E-state index contributed by atoms with van der Waals surface area (Å²) in [5, 5.41) is 2.74. The number of ether oxygens (including phenoxy) is 2. The zero-order valence-electron chi connectivity index (χ0n) is 25.9. The molecule has 2 radical (unpaired) electrons. The van der Waals surface area contributed by atoms with Gasteiger partial charge in [0.1, 0.15) is 20.1 Å². The van der Waals surface area contributed by atoms with Gasteiger partial charge in [-0.1, -0.05) is 31.6 Å². The van der Waals surface area contributed by atoms with Crippen LogP contribution in [0.3, 0.4) is 0 Å². The average molecular weight is 647 g/mol. The first-order valence-electron chi connectivity index (χ1n) is 14.0. The van der Waals surface area contributed by atoms with Crippen molar-refractivity contribution < 1.29 is 28.2 Å². The third kappa shape index (κ3) is 19.8. The Hall–Kier alpha value is -4.42. The highest BCUT2D eigenvalue weighted by Gasteiger charge is 2.44. The van der Waals surface area contributed by atoms with Gasteiger partial charge in [0.25, 0.3) is 5.91 Å². The fraction of sp³-hybridized carbons (Fsp3) is 0.417. The molecule has 0 aromatic carbocycles. The van der Waals surface area contributed by atoms with Crippen molar-refractivity contribution in [2.24, 2.45) is 5.92 Å². The third-order valence-electron chi connectivity index (χ3n) is 5.72. The van der Waals surface area contributed by atoms with Gasteiger partial charge in [-0.2, -0.15) is 0 Å². The maximum atomic E-state index is 11.8. The highest BCUT2D eigenvalue weighted by Crippen LogP contribution is 2.48. The molecule has 230 valence electrons. The molecule has 1 saturated heterocycles. The van der Waals surface area contributed by atoms with Crippen molar-refractivity contribution >= 4 is 32.3 Å². The summed E-state index contributed by atoms with van der Waals surface area (Å²) in [6.07, 6.45) is 4.43. The van der Waals surface area contributed by atoms with Crippen molar-refractivity contribution in [3.05, 3.63) is 0 Å². The molecule has 1 rings (SSSR count). The SMILES string of the molecule is [B][C@@H]1O[C@H](COC)C(OP(O)(=S)OC)[C@@H]1CCCCCCCNC(=O)C#CC#CC#CC#CC#CC#CC#CC#CC#CC#CC. The Kier molecular flexibility index (Phi) is 22.3. The highest BCUT2D eigenvalue weighted by atomic mass is 32.5. The molecule has 1 aliphatic heterocycles. The van der Waals surface area contributed by atoms with Crippen LogP contribution in [0, 0.1) is 124 Å². The van der Waals surface area contributed by atoms with Gasteiger partial charge in [-0.05, 0) is 126 Å². The Balaban J connectivity index is 2.28. The normalized spacial score (nSPS) is 17.6. The van der Waals surface area contributed by atoms with Crippen LogP contribution in [-0.4, -0.2) is 64.2 Å². The van der Waals surface area contributed by atoms with E-state index in [9.17, 15) is 9.69 Å². The van der Waals surface area contributed by atoms with Gasteiger partial charge in [0.15, 0.2) is 0 Å². The minimum atomic E-state index is -3.38. The predicted molar refractivity (Wildman–Crippen MR) is 182 cm³/mol. The van der Waals surface area contributed by atoms with Crippen LogP contribution in [0.25, 0.3) is 0 Å². The maximum absolute atomic E-state index is 11.8. The molecular weight excluding hydrogens is 616 g/mol. The summed E-state index contributed by atoms with van der Waals surface area (Å²) < 4.78 is 21.6. The van der Waals surface area contributed by atoms with Crippen LogP contribution >= 0.6 is 6.72 Å². The summed E-state index contributed by atoms with van der Waals surface area (Å²) in [4.78, 5) is 22.0. The fourth-order valence-corrected chi connectivity index (χ4v) is 4.73. The van der Waals surface area contributed by atoms with Crippen LogP contribution in [-0.2, 0) is 35.1 Å². The lowest BCUT2D eigenvalue weighted by Crippen LogP contribution is -2.33. The van der Waals surface area contributed by atoms with E-state index < -0.39 is 30.8 Å². The van der Waals surface area contributed by atoms with Crippen LogP contribution in [0.2, 0.25) is 0 Å². The monoisotopic (exact) mass is 647 g/mol. The molecule has 10 heteroatoms. The molecule has 2 N–H and O–H groups in total. The van der Waals surface area contributed by atoms with Gasteiger partial charge in [0.2, 0.25) is 0 Å². The molecule has 5 atom stereocenters. The molecule has 2 unspecified atom stereocenters. The number of unbranched alkanes of at least 4 members (excludes halogenated alkanes) is 4. The van der Waals surface area contributed by atoms with Crippen LogP contribution in [0.1, 0.15) is 45.4 Å². The number of nitrogens with one attached hydrogen (secondary N) is 1. The van der Waals surface area contributed by atoms with Gasteiger partial charge < -0.3 is 28.7 Å². The fourth-order valence-electron chi connectivity index (χ4n) is 3.74. The molecule has 0 saturated carbocycles. The number of hydrogen-bond donors (Lipinski definition) is 2. The minimum absolute atomic E-state index is 0.138. The van der Waals surface area contributed by atoms with E-state index in [0.29, 0.717) is 6.54 Å². The van der Waals surface area contributed by atoms with E-state index >= 15 is 0 Å². The van der Waals surface area contributed by atoms with E-state index in [2.05, 4.69) is 124 Å². The lowest BCUT2D eigenvalue weighted by Gasteiger charge is -2.27. The number of amides is 1. The molecule has 1 fully saturated rings. The lowest BCUT2D eigenvalue weighted by atomic mass is 9.81. The summed E-state index contributed by atoms with van der Waals surface area (Å²) in [5.74, 6) is 49.6. The second kappa shape index (κ2) is 25.9. The van der Waals surface area contributed by atoms with Gasteiger partial charge in [-0.25, -0.2) is 0 Å². The molecule has 1 heterocycles. The molecular formula is C36H31BNO6PS. The van der Waals surface area contributed by atoms with Gasteiger partial charge >= 0.3 is 6.72 Å². The molecule has 0 aromatic heterocycles. The molecule has 0 spiro atoms. The van der Waals surface area contributed by atoms with Crippen molar-refractivity contribution in [2.75, 3.05) is 27.4 Å². The Labute approximate surface area is 280 Å². The molecule has 7 nitrogen and oxygen atoms in total. The summed E-state index contributed by atoms with van der Waals surface area (Å²) >= 11 is 5.02. The second-order valence-electron chi connectivity index (χ2n) is 8.92. The summed E-state index contributed by atoms with van der Waals surface area (Å²) in [6.45, 7) is -0.898. The van der Waals surface area contributed by atoms with Crippen molar-refractivity contribution in [1.82, 2.24) is 5.32 Å². The standard InChI is InChI=1S/C36H31BNO6PS/c1-4-5-6-7-8-9-10-11-12-13-14-15-16-17-18-19-20-23-26-29-34(39)38-30-27-24-21-22-25-28-32-35(44-45(40,46)42-3)33(31-41-2)43-36(32)37/h32-33,35-36H,21-22,24-25,27-28,30-31H2,1-3H3,(H,38,39)(H,40,46)/t32-,33+,35?,36+,45?/m0/s1. The van der Waals surface area contributed by atoms with E-state index in [-0.39, 0.29) is 12.5 Å². The van der Waals surface area contributed by atoms with E-state index in [1.165, 1.54) is 7.11 Å². The topological polar surface area (TPSA) is 86.2 Å². The van der Waals surface area contributed by atoms with Gasteiger partial charge in [-0.15, -0.1) is 0 Å². The first-order valence-corrected chi connectivity index (χ1v) is 16.6. The van der Waals surface area contributed by atoms with E-state index in [0.717, 1.165) is 38.5 Å². The number of carbonyl (C=O) groups is 1. The Morgan fingerprint density at radius 3 is 1.78 bits per heavy atom. The minimum Gasteiger partial charge on any atom is -0.382 e. The van der Waals surface area contributed by atoms with Crippen LogP contribution in [0.15, 0.2) is 0 Å². The Morgan fingerprint density at radius 1 is 0.804 bits per heavy atom. The number of hydrogen-bond acceptors (Lipinski definition) is 6. The quantitative estimate of drug-likeness (QED) is 0.137. The Morgan fingerprint density at radius 2 is 1.28 bits per heavy atom. The molecule has 1 aliphatic rings. The lowest BCUT2D eigenvalue weighted by molar-refractivity contribution is -0.115. The van der Waals surface area contributed by atoms with E-state index in [4.69, 9.17) is 38.2 Å². The first kappa shape index (κ1) is 39.6. The molecule has 0 aliphatic carbocycles. The molecule has 0 aromatic rings. The van der Waals surface area contributed by atoms with E-state index in [1.54, 1.807) is 14.0 Å².